The highest BCUT2D eigenvalue weighted by Crippen LogP contribution is 2.26. The van der Waals surface area contributed by atoms with Crippen molar-refractivity contribution >= 4 is 17.7 Å². The number of imide groups is 1. The van der Waals surface area contributed by atoms with Gasteiger partial charge in [-0.05, 0) is 44.9 Å². The molecule has 0 saturated carbocycles. The van der Waals surface area contributed by atoms with Gasteiger partial charge in [0, 0.05) is 12.5 Å². The number of nitrogens with zero attached hydrogens (tertiary/aromatic N) is 1. The number of carbonyl (C=O) groups is 3. The number of nitrogens with one attached hydrogen (secondary N) is 1. The molecule has 2 N–H and O–H groups in total. The highest BCUT2D eigenvalue weighted by molar-refractivity contribution is 6.22. The number of aliphatic hydroxyl groups is 1. The molecule has 0 aromatic heterocycles. The molecule has 2 aromatic carbocycles. The van der Waals surface area contributed by atoms with Gasteiger partial charge in [-0.15, -0.1) is 0 Å². The van der Waals surface area contributed by atoms with Gasteiger partial charge in [0.25, 0.3) is 11.8 Å². The summed E-state index contributed by atoms with van der Waals surface area (Å²) in [4.78, 5) is 39.1. The van der Waals surface area contributed by atoms with Crippen LogP contribution in [0.2, 0.25) is 0 Å². The van der Waals surface area contributed by atoms with E-state index in [0.717, 1.165) is 16.0 Å². The maximum Gasteiger partial charge on any atom is 0.262 e. The van der Waals surface area contributed by atoms with E-state index >= 15 is 0 Å². The third-order valence-electron chi connectivity index (χ3n) is 5.26. The molecule has 3 atom stereocenters. The van der Waals surface area contributed by atoms with Crippen LogP contribution in [0.5, 0.6) is 0 Å². The fourth-order valence-corrected chi connectivity index (χ4v) is 3.69. The number of benzene rings is 2. The van der Waals surface area contributed by atoms with Crippen LogP contribution in [-0.2, 0) is 4.79 Å². The molecule has 3 rings (SSSR count). The minimum atomic E-state index is -0.925. The summed E-state index contributed by atoms with van der Waals surface area (Å²) in [6.45, 7) is 5.42. The molecule has 0 fully saturated rings. The Kier molecular flexibility index (Phi) is 6.13. The van der Waals surface area contributed by atoms with Crippen LogP contribution in [0.25, 0.3) is 0 Å². The second-order valence-corrected chi connectivity index (χ2v) is 7.64. The summed E-state index contributed by atoms with van der Waals surface area (Å²) in [7, 11) is 0. The molecule has 0 aliphatic carbocycles. The number of hydrogen-bond acceptors (Lipinski definition) is 4. The van der Waals surface area contributed by atoms with Gasteiger partial charge in [-0.3, -0.25) is 19.3 Å². The summed E-state index contributed by atoms with van der Waals surface area (Å²) in [5.41, 5.74) is 2.56. The maximum atomic E-state index is 12.7. The predicted molar refractivity (Wildman–Crippen MR) is 110 cm³/mol. The van der Waals surface area contributed by atoms with Gasteiger partial charge < -0.3 is 10.4 Å². The van der Waals surface area contributed by atoms with Gasteiger partial charge in [-0.2, -0.15) is 0 Å². The number of amides is 3. The van der Waals surface area contributed by atoms with Crippen molar-refractivity contribution in [1.82, 2.24) is 10.2 Å². The van der Waals surface area contributed by atoms with Gasteiger partial charge in [0.1, 0.15) is 6.04 Å². The Hall–Kier alpha value is -2.99. The number of rotatable bonds is 7. The Morgan fingerprint density at radius 1 is 1.03 bits per heavy atom. The summed E-state index contributed by atoms with van der Waals surface area (Å²) < 4.78 is 0. The van der Waals surface area contributed by atoms with E-state index in [-0.39, 0.29) is 5.92 Å². The van der Waals surface area contributed by atoms with Crippen LogP contribution in [0.3, 0.4) is 0 Å². The first kappa shape index (κ1) is 20.7. The Labute approximate surface area is 170 Å². The number of hydrogen-bond donors (Lipinski definition) is 2. The van der Waals surface area contributed by atoms with Gasteiger partial charge in [-0.25, -0.2) is 0 Å². The smallest absolute Gasteiger partial charge is 0.262 e. The molecule has 6 heteroatoms. The molecular weight excluding hydrogens is 368 g/mol. The zero-order chi connectivity index (χ0) is 21.1. The molecule has 6 nitrogen and oxygen atoms in total. The van der Waals surface area contributed by atoms with Crippen molar-refractivity contribution in [3.63, 3.8) is 0 Å². The van der Waals surface area contributed by atoms with Gasteiger partial charge in [0.15, 0.2) is 0 Å². The zero-order valence-corrected chi connectivity index (χ0v) is 16.9. The van der Waals surface area contributed by atoms with Crippen molar-refractivity contribution in [1.29, 1.82) is 0 Å². The lowest BCUT2D eigenvalue weighted by Gasteiger charge is -2.24. The van der Waals surface area contributed by atoms with Crippen LogP contribution < -0.4 is 5.32 Å². The van der Waals surface area contributed by atoms with Crippen molar-refractivity contribution in [2.24, 2.45) is 0 Å². The molecule has 3 amide bonds. The van der Waals surface area contributed by atoms with Crippen LogP contribution in [0.15, 0.2) is 48.5 Å². The van der Waals surface area contributed by atoms with Crippen LogP contribution in [0.4, 0.5) is 0 Å². The van der Waals surface area contributed by atoms with E-state index in [2.05, 4.69) is 5.32 Å². The number of carbonyl (C=O) groups excluding carboxylic acids is 3. The lowest BCUT2D eigenvalue weighted by atomic mass is 9.93. The number of fused-ring (bicyclic) bond motifs is 1. The molecule has 2 aromatic rings. The topological polar surface area (TPSA) is 86.7 Å². The van der Waals surface area contributed by atoms with Gasteiger partial charge in [0.05, 0.1) is 17.2 Å². The second-order valence-electron chi connectivity index (χ2n) is 7.64. The first-order valence-electron chi connectivity index (χ1n) is 9.79. The minimum absolute atomic E-state index is 0.0721. The second kappa shape index (κ2) is 8.57. The van der Waals surface area contributed by atoms with Gasteiger partial charge >= 0.3 is 0 Å². The molecule has 3 unspecified atom stereocenters. The summed E-state index contributed by atoms with van der Waals surface area (Å²) in [5.74, 6) is -1.36. The Morgan fingerprint density at radius 2 is 1.69 bits per heavy atom. The summed E-state index contributed by atoms with van der Waals surface area (Å²) in [6.07, 6.45) is -0.0284. The van der Waals surface area contributed by atoms with Crippen LogP contribution >= 0.6 is 0 Å². The Balaban J connectivity index is 1.70. The third-order valence-corrected chi connectivity index (χ3v) is 5.26. The third kappa shape index (κ3) is 4.38. The molecule has 0 saturated heterocycles. The lowest BCUT2D eigenvalue weighted by Crippen LogP contribution is -2.48. The van der Waals surface area contributed by atoms with Crippen molar-refractivity contribution in [2.75, 3.05) is 6.54 Å². The first-order chi connectivity index (χ1) is 13.8. The molecular formula is C23H26N2O4. The standard InChI is InChI=1S/C23H26N2O4/c1-14-9-10-19-20(11-14)23(29)25(22(19)28)16(3)21(27)24-13-18(12-15(2)26)17-7-5-4-6-8-17/h4-11,15-16,18,26H,12-13H2,1-3H3,(H,24,27). The number of aryl methyl sites for hydroxylation is 1. The summed E-state index contributed by atoms with van der Waals surface area (Å²) >= 11 is 0. The van der Waals surface area contributed by atoms with Crippen LogP contribution in [0, 0.1) is 6.92 Å². The fourth-order valence-electron chi connectivity index (χ4n) is 3.69. The van der Waals surface area contributed by atoms with E-state index in [0.29, 0.717) is 24.1 Å². The molecule has 0 bridgehead atoms. The average molecular weight is 394 g/mol. The molecule has 0 spiro atoms. The van der Waals surface area contributed by atoms with Crippen molar-refractivity contribution in [2.45, 2.75) is 45.3 Å². The normalized spacial score (nSPS) is 16.3. The van der Waals surface area contributed by atoms with E-state index < -0.39 is 29.9 Å². The van der Waals surface area contributed by atoms with Gasteiger partial charge in [0.2, 0.25) is 5.91 Å². The fraction of sp³-hybridized carbons (Fsp3) is 0.348. The molecule has 1 aliphatic rings. The summed E-state index contributed by atoms with van der Waals surface area (Å²) in [5, 5.41) is 12.7. The lowest BCUT2D eigenvalue weighted by molar-refractivity contribution is -0.124. The quantitative estimate of drug-likeness (QED) is 0.707. The Bertz CT molecular complexity index is 924. The first-order valence-corrected chi connectivity index (χ1v) is 9.79. The Morgan fingerprint density at radius 3 is 2.34 bits per heavy atom. The summed E-state index contributed by atoms with van der Waals surface area (Å²) in [6, 6.07) is 13.8. The van der Waals surface area contributed by atoms with Crippen LogP contribution in [-0.4, -0.2) is 46.4 Å². The maximum absolute atomic E-state index is 12.7. The molecule has 152 valence electrons. The van der Waals surface area contributed by atoms with Crippen molar-refractivity contribution in [3.8, 4) is 0 Å². The van der Waals surface area contributed by atoms with E-state index in [9.17, 15) is 19.5 Å². The van der Waals surface area contributed by atoms with E-state index in [1.165, 1.54) is 0 Å². The van der Waals surface area contributed by atoms with E-state index in [1.807, 2.05) is 37.3 Å². The molecule has 1 heterocycles. The zero-order valence-electron chi connectivity index (χ0n) is 16.9. The van der Waals surface area contributed by atoms with Gasteiger partial charge in [-0.1, -0.05) is 42.0 Å². The highest BCUT2D eigenvalue weighted by Gasteiger charge is 2.40. The number of aliphatic hydroxyl groups excluding tert-OH is 1. The monoisotopic (exact) mass is 394 g/mol. The predicted octanol–water partition coefficient (Wildman–Crippen LogP) is 2.65. The molecule has 29 heavy (non-hydrogen) atoms. The average Bonchev–Trinajstić information content (AvgIpc) is 2.94. The van der Waals surface area contributed by atoms with Crippen molar-refractivity contribution in [3.05, 3.63) is 70.8 Å². The molecule has 1 aliphatic heterocycles. The molecule has 0 radical (unpaired) electrons. The largest absolute Gasteiger partial charge is 0.393 e. The SMILES string of the molecule is Cc1ccc2c(c1)C(=O)N(C(C)C(=O)NCC(CC(C)O)c1ccccc1)C2=O. The van der Waals surface area contributed by atoms with E-state index in [4.69, 9.17) is 0 Å². The highest BCUT2D eigenvalue weighted by atomic mass is 16.3. The minimum Gasteiger partial charge on any atom is -0.393 e. The van der Waals surface area contributed by atoms with Crippen LogP contribution in [0.1, 0.15) is 58.0 Å². The van der Waals surface area contributed by atoms with E-state index in [1.54, 1.807) is 32.0 Å². The van der Waals surface area contributed by atoms with Crippen molar-refractivity contribution < 1.29 is 19.5 Å².